The Balaban J connectivity index is -0.000000238. The van der Waals surface area contributed by atoms with E-state index in [1.807, 2.05) is 0 Å². The van der Waals surface area contributed by atoms with Gasteiger partial charge in [0.15, 0.2) is 12.2 Å². The minimum Gasteiger partial charge on any atom is -0.479 e. The fourth-order valence-corrected chi connectivity index (χ4v) is 0.270. The average Bonchev–Trinajstić information content (AvgIpc) is 2.11. The van der Waals surface area contributed by atoms with E-state index in [0.29, 0.717) is 0 Å². The van der Waals surface area contributed by atoms with Crippen molar-refractivity contribution in [1.29, 1.82) is 0 Å². The quantitative estimate of drug-likeness (QED) is 0.144. The van der Waals surface area contributed by atoms with E-state index in [9.17, 15) is 9.59 Å². The third-order valence-corrected chi connectivity index (χ3v) is 0.805. The second-order valence-corrected chi connectivity index (χ2v) is 3.34. The highest BCUT2D eigenvalue weighted by Gasteiger charge is 2.29. The Kier molecular flexibility index (Phi) is 11.9. The van der Waals surface area contributed by atoms with Gasteiger partial charge in [-0.2, -0.15) is 0 Å². The molecule has 15 heteroatoms. The number of aliphatic hydroxyl groups excluding tert-OH is 2. The van der Waals surface area contributed by atoms with Gasteiger partial charge in [-0.05, 0) is 0 Å². The first-order chi connectivity index (χ1) is 8.20. The molecule has 0 aromatic heterocycles. The summed E-state index contributed by atoms with van der Waals surface area (Å²) in [5.74, 6) is -3.54. The third kappa shape index (κ3) is 31.4. The molecule has 2 unspecified atom stereocenters. The monoisotopic (exact) mass is 311 g/mol. The van der Waals surface area contributed by atoms with Gasteiger partial charge in [0.2, 0.25) is 0 Å². The predicted octanol–water partition coefficient (Wildman–Crippen LogP) is -3.40. The molecule has 0 fully saturated rings. The van der Waals surface area contributed by atoms with Gasteiger partial charge in [-0.3, -0.25) is 0 Å². The normalized spacial score (nSPS) is 12.7. The first kappa shape index (κ1) is 22.4. The van der Waals surface area contributed by atoms with E-state index in [4.69, 9.17) is 55.0 Å². The Morgan fingerprint density at radius 3 is 1.16 bits per heavy atom. The predicted molar refractivity (Wildman–Crippen MR) is 50.3 cm³/mol. The number of carboxylic acids is 2. The van der Waals surface area contributed by atoms with Crippen molar-refractivity contribution in [2.75, 3.05) is 0 Å². The molecule has 8 N–H and O–H groups in total. The first-order valence-corrected chi connectivity index (χ1v) is 5.20. The number of nitrogens with zero attached hydrogens (tertiary/aromatic N) is 1. The lowest BCUT2D eigenvalue weighted by Crippen LogP contribution is -2.39. The fraction of sp³-hybridized carbons (Fsp3) is 0.500. The Bertz CT molecular complexity index is 316. The van der Waals surface area contributed by atoms with E-state index < -0.39 is 37.1 Å². The summed E-state index contributed by atoms with van der Waals surface area (Å²) >= 11 is 0. The van der Waals surface area contributed by atoms with Gasteiger partial charge in [0.25, 0.3) is 5.09 Å². The molecule has 0 aromatic rings. The molecule has 0 aliphatic heterocycles. The summed E-state index contributed by atoms with van der Waals surface area (Å²) in [4.78, 5) is 49.5. The number of aliphatic hydroxyl groups is 2. The van der Waals surface area contributed by atoms with Crippen molar-refractivity contribution in [2.24, 2.45) is 0 Å². The molecule has 0 rings (SSSR count). The van der Waals surface area contributed by atoms with Crippen LogP contribution in [0.5, 0.6) is 0 Å². The summed E-state index contributed by atoms with van der Waals surface area (Å²) < 4.78 is 8.88. The van der Waals surface area contributed by atoms with E-state index >= 15 is 0 Å². The van der Waals surface area contributed by atoms with Gasteiger partial charge in [0.1, 0.15) is 0 Å². The second kappa shape index (κ2) is 10.1. The van der Waals surface area contributed by atoms with Gasteiger partial charge in [-0.25, -0.2) is 14.2 Å². The summed E-state index contributed by atoms with van der Waals surface area (Å²) in [6.45, 7) is 0. The van der Waals surface area contributed by atoms with Crippen molar-refractivity contribution in [2.45, 2.75) is 12.2 Å². The minimum absolute atomic E-state index is 1.50. The number of hydrogen-bond donors (Lipinski definition) is 8. The highest BCUT2D eigenvalue weighted by atomic mass is 31.2. The van der Waals surface area contributed by atoms with Crippen molar-refractivity contribution in [3.8, 4) is 0 Å². The van der Waals surface area contributed by atoms with Crippen molar-refractivity contribution in [1.82, 2.24) is 0 Å². The zero-order valence-corrected chi connectivity index (χ0v) is 9.56. The highest BCUT2D eigenvalue weighted by Crippen LogP contribution is 2.25. The molecule has 2 atom stereocenters. The van der Waals surface area contributed by atoms with Crippen molar-refractivity contribution in [3.05, 3.63) is 10.1 Å². The first-order valence-electron chi connectivity index (χ1n) is 3.63. The minimum atomic E-state index is -4.64. The summed E-state index contributed by atoms with van der Waals surface area (Å²) in [6.07, 6.45) is -4.53. The number of carboxylic acid groups (broad SMARTS) is 2. The van der Waals surface area contributed by atoms with Gasteiger partial charge >= 0.3 is 19.8 Å². The van der Waals surface area contributed by atoms with Crippen LogP contribution in [0.4, 0.5) is 0 Å². The smallest absolute Gasteiger partial charge is 0.466 e. The lowest BCUT2D eigenvalue weighted by Gasteiger charge is -2.07. The van der Waals surface area contributed by atoms with Crippen LogP contribution in [-0.4, -0.2) is 69.5 Å². The van der Waals surface area contributed by atoms with Gasteiger partial charge in [-0.1, -0.05) is 0 Å². The van der Waals surface area contributed by atoms with Crippen LogP contribution in [0.15, 0.2) is 0 Å². The van der Waals surface area contributed by atoms with E-state index in [1.165, 1.54) is 0 Å². The maximum absolute atomic E-state index is 9.77. The Labute approximate surface area is 103 Å². The van der Waals surface area contributed by atoms with Crippen LogP contribution >= 0.6 is 7.82 Å². The van der Waals surface area contributed by atoms with Crippen LogP contribution in [0.1, 0.15) is 0 Å². The number of carbonyl (C=O) groups is 2. The lowest BCUT2D eigenvalue weighted by molar-refractivity contribution is -0.742. The van der Waals surface area contributed by atoms with Gasteiger partial charge < -0.3 is 40.3 Å². The molecule has 0 saturated carbocycles. The lowest BCUT2D eigenvalue weighted by atomic mass is 10.2. The molecule has 0 aliphatic carbocycles. The van der Waals surface area contributed by atoms with E-state index in [2.05, 4.69) is 0 Å². The maximum Gasteiger partial charge on any atom is 0.466 e. The number of rotatable bonds is 3. The second-order valence-electron chi connectivity index (χ2n) is 2.32. The van der Waals surface area contributed by atoms with Gasteiger partial charge in [0, 0.05) is 0 Å². The molecular formula is C4H10NO13P. The average molecular weight is 311 g/mol. The van der Waals surface area contributed by atoms with E-state index in [1.54, 1.807) is 0 Å². The molecular weight excluding hydrogens is 301 g/mol. The number of phosphoric acid groups is 1. The molecule has 0 aromatic carbocycles. The molecule has 0 heterocycles. The molecule has 14 nitrogen and oxygen atoms in total. The molecule has 114 valence electrons. The van der Waals surface area contributed by atoms with E-state index in [0.717, 1.165) is 0 Å². The number of aliphatic carboxylic acids is 2. The zero-order valence-electron chi connectivity index (χ0n) is 8.67. The third-order valence-electron chi connectivity index (χ3n) is 0.805. The van der Waals surface area contributed by atoms with Crippen molar-refractivity contribution >= 4 is 19.8 Å². The Morgan fingerprint density at radius 1 is 1.00 bits per heavy atom. The summed E-state index contributed by atoms with van der Waals surface area (Å²) in [5, 5.41) is 46.2. The van der Waals surface area contributed by atoms with Crippen LogP contribution in [0.2, 0.25) is 0 Å². The Hall–Kier alpha value is -1.83. The van der Waals surface area contributed by atoms with Crippen molar-refractivity contribution in [3.63, 3.8) is 0 Å². The topological polar surface area (TPSA) is 256 Å². The molecule has 0 saturated heterocycles. The van der Waals surface area contributed by atoms with Crippen LogP contribution in [-0.2, 0) is 14.2 Å². The molecule has 0 amide bonds. The Morgan fingerprint density at radius 2 is 1.11 bits per heavy atom. The molecule has 0 aliphatic rings. The largest absolute Gasteiger partial charge is 0.479 e. The van der Waals surface area contributed by atoms with E-state index in [-0.39, 0.29) is 0 Å². The summed E-state index contributed by atoms with van der Waals surface area (Å²) in [5.41, 5.74) is 0. The zero-order chi connectivity index (χ0) is 16.4. The summed E-state index contributed by atoms with van der Waals surface area (Å²) in [7, 11) is -4.64. The maximum atomic E-state index is 9.77. The summed E-state index contributed by atoms with van der Waals surface area (Å²) in [6, 6.07) is 0. The molecule has 0 spiro atoms. The van der Waals surface area contributed by atoms with Gasteiger partial charge in [0.05, 0.1) is 0 Å². The number of hydrogen-bond acceptors (Lipinski definition) is 7. The molecule has 19 heavy (non-hydrogen) atoms. The molecule has 0 bridgehead atoms. The van der Waals surface area contributed by atoms with Crippen LogP contribution in [0, 0.1) is 10.1 Å². The van der Waals surface area contributed by atoms with Crippen LogP contribution in [0.25, 0.3) is 0 Å². The SMILES string of the molecule is O=C(O)C(O)C(O)C(=O)O.O=P(O)(O)O.O=[N+]([O-])O. The van der Waals surface area contributed by atoms with Gasteiger partial charge in [-0.15, -0.1) is 10.1 Å². The fourth-order valence-electron chi connectivity index (χ4n) is 0.270. The standard InChI is InChI=1S/C4H6O6.HNO3.H3O4P/c5-1(3(7)8)2(6)4(9)10;2-1(3)4;1-5(2,3)4/h1-2,5-6H,(H,7,8)(H,9,10);(H,2,3,4);(H3,1,2,3,4). The van der Waals surface area contributed by atoms with Crippen molar-refractivity contribution < 1.29 is 59.6 Å². The molecule has 0 radical (unpaired) electrons. The highest BCUT2D eigenvalue weighted by molar-refractivity contribution is 7.45. The van der Waals surface area contributed by atoms with Crippen LogP contribution in [0.3, 0.4) is 0 Å². The van der Waals surface area contributed by atoms with Crippen LogP contribution < -0.4 is 0 Å².